The number of benzene rings is 11. The van der Waals surface area contributed by atoms with E-state index in [1.165, 1.54) is 99.4 Å². The molecule has 0 heterocycles. The van der Waals surface area contributed by atoms with Gasteiger partial charge in [0.1, 0.15) is 0 Å². The maximum atomic E-state index is 2.48. The lowest BCUT2D eigenvalue weighted by molar-refractivity contribution is 0.793. The highest BCUT2D eigenvalue weighted by atomic mass is 15.1. The molecule has 0 unspecified atom stereocenters. The minimum Gasteiger partial charge on any atom is -0.310 e. The van der Waals surface area contributed by atoms with E-state index in [-0.39, 0.29) is 0 Å². The molecule has 0 radical (unpaired) electrons. The van der Waals surface area contributed by atoms with Crippen LogP contribution in [0.1, 0.15) is 22.3 Å². The summed E-state index contributed by atoms with van der Waals surface area (Å²) in [6, 6.07) is 92.1. The van der Waals surface area contributed by atoms with Crippen molar-refractivity contribution in [1.82, 2.24) is 0 Å². The second-order valence-electron chi connectivity index (χ2n) is 17.3. The summed E-state index contributed by atoms with van der Waals surface area (Å²) in [6.45, 7) is 0. The van der Waals surface area contributed by atoms with Gasteiger partial charge in [-0.15, -0.1) is 0 Å². The maximum absolute atomic E-state index is 2.48. The van der Waals surface area contributed by atoms with Gasteiger partial charge >= 0.3 is 0 Å². The van der Waals surface area contributed by atoms with E-state index >= 15 is 0 Å². The van der Waals surface area contributed by atoms with Gasteiger partial charge in [0, 0.05) is 17.1 Å². The fraction of sp³-hybridized carbons (Fsp3) is 0.0159. The third kappa shape index (κ3) is 5.58. The third-order valence-electron chi connectivity index (χ3n) is 13.9. The summed E-state index contributed by atoms with van der Waals surface area (Å²) in [5.74, 6) is 0. The SMILES string of the molecule is c1cc(-c2ccc(N(c3ccc(-c4ccc5ccccc5c4)cc3)c3ccc4c(c3)C3(c5ccccc5-c5ccccc53)c3ccccc3-4)cc2)cc(-c2ccc3ccccc3c2)c1. The summed E-state index contributed by atoms with van der Waals surface area (Å²) >= 11 is 0. The van der Waals surface area contributed by atoms with Gasteiger partial charge in [-0.05, 0) is 154 Å². The first-order chi connectivity index (χ1) is 31.7. The number of hydrogen-bond donors (Lipinski definition) is 0. The largest absolute Gasteiger partial charge is 0.310 e. The van der Waals surface area contributed by atoms with E-state index in [2.05, 4.69) is 254 Å². The van der Waals surface area contributed by atoms with E-state index in [4.69, 9.17) is 0 Å². The molecule has 13 rings (SSSR count). The molecule has 0 saturated heterocycles. The second kappa shape index (κ2) is 14.4. The van der Waals surface area contributed by atoms with E-state index in [1.807, 2.05) is 0 Å². The molecule has 0 N–H and O–H groups in total. The van der Waals surface area contributed by atoms with Crippen LogP contribution in [0.15, 0.2) is 249 Å². The predicted octanol–water partition coefficient (Wildman–Crippen LogP) is 16.8. The predicted molar refractivity (Wildman–Crippen MR) is 269 cm³/mol. The standard InChI is InChI=1S/C63H41N/c1-3-14-46-39-50(26-24-42(46)12-1)45-30-34-53(35-31-45)64(52-32-28-44(29-33-52)48-16-11-17-49(38-48)51-27-25-43-13-2-4-15-47(43)40-51)54-36-37-58-57-20-7-10-23-61(57)63(62(58)41-54)59-21-8-5-18-55(59)56-19-6-9-22-60(56)63/h1-41H. The molecule has 1 spiro atoms. The van der Waals surface area contributed by atoms with Crippen molar-refractivity contribution < 1.29 is 0 Å². The first kappa shape index (κ1) is 36.4. The Balaban J connectivity index is 0.951. The summed E-state index contributed by atoms with van der Waals surface area (Å²) in [7, 11) is 0. The molecular weight excluding hydrogens is 771 g/mol. The van der Waals surface area contributed by atoms with Crippen LogP contribution in [0.3, 0.4) is 0 Å². The van der Waals surface area contributed by atoms with Gasteiger partial charge in [-0.25, -0.2) is 0 Å². The van der Waals surface area contributed by atoms with Gasteiger partial charge in [-0.1, -0.05) is 194 Å². The normalized spacial score (nSPS) is 12.8. The van der Waals surface area contributed by atoms with Gasteiger partial charge in [0.2, 0.25) is 0 Å². The van der Waals surface area contributed by atoms with Crippen molar-refractivity contribution in [3.8, 4) is 55.6 Å². The lowest BCUT2D eigenvalue weighted by atomic mass is 9.70. The van der Waals surface area contributed by atoms with Crippen molar-refractivity contribution in [2.75, 3.05) is 4.90 Å². The van der Waals surface area contributed by atoms with Crippen LogP contribution >= 0.6 is 0 Å². The van der Waals surface area contributed by atoms with Gasteiger partial charge in [0.25, 0.3) is 0 Å². The molecule has 1 heteroatoms. The molecule has 2 aliphatic carbocycles. The summed E-state index contributed by atoms with van der Waals surface area (Å²) in [5.41, 5.74) is 20.7. The number of anilines is 3. The number of fused-ring (bicyclic) bond motifs is 12. The topological polar surface area (TPSA) is 3.24 Å². The first-order valence-electron chi connectivity index (χ1n) is 22.2. The smallest absolute Gasteiger partial charge is 0.0726 e. The van der Waals surface area contributed by atoms with Crippen molar-refractivity contribution in [2.45, 2.75) is 5.41 Å². The quantitative estimate of drug-likeness (QED) is 0.162. The van der Waals surface area contributed by atoms with Crippen LogP contribution in [0.2, 0.25) is 0 Å². The Bertz CT molecular complexity index is 3550. The van der Waals surface area contributed by atoms with Crippen molar-refractivity contribution in [3.63, 3.8) is 0 Å². The molecule has 298 valence electrons. The number of hydrogen-bond acceptors (Lipinski definition) is 1. The molecule has 0 atom stereocenters. The molecular formula is C63H41N. The molecule has 1 nitrogen and oxygen atoms in total. The highest BCUT2D eigenvalue weighted by molar-refractivity contribution is 5.97. The summed E-state index contributed by atoms with van der Waals surface area (Å²) in [4.78, 5) is 2.43. The first-order valence-corrected chi connectivity index (χ1v) is 22.2. The average Bonchev–Trinajstić information content (AvgIpc) is 3.84. The lowest BCUT2D eigenvalue weighted by Crippen LogP contribution is -2.26. The number of nitrogens with zero attached hydrogens (tertiary/aromatic N) is 1. The molecule has 0 amide bonds. The molecule has 11 aromatic carbocycles. The van der Waals surface area contributed by atoms with E-state index < -0.39 is 5.41 Å². The Kier molecular flexibility index (Phi) is 8.20. The van der Waals surface area contributed by atoms with Gasteiger partial charge < -0.3 is 4.90 Å². The lowest BCUT2D eigenvalue weighted by Gasteiger charge is -2.32. The minimum absolute atomic E-state index is 0.430. The van der Waals surface area contributed by atoms with Gasteiger partial charge in [0.05, 0.1) is 5.41 Å². The van der Waals surface area contributed by atoms with Crippen LogP contribution in [-0.2, 0) is 5.41 Å². The maximum Gasteiger partial charge on any atom is 0.0726 e. The zero-order valence-electron chi connectivity index (χ0n) is 35.1. The van der Waals surface area contributed by atoms with Crippen LogP contribution in [0.5, 0.6) is 0 Å². The second-order valence-corrected chi connectivity index (χ2v) is 17.3. The van der Waals surface area contributed by atoms with Crippen molar-refractivity contribution in [3.05, 3.63) is 271 Å². The fourth-order valence-corrected chi connectivity index (χ4v) is 10.9. The van der Waals surface area contributed by atoms with Crippen LogP contribution in [-0.4, -0.2) is 0 Å². The summed E-state index contributed by atoms with van der Waals surface area (Å²) < 4.78 is 0. The van der Waals surface area contributed by atoms with Crippen LogP contribution in [0.4, 0.5) is 17.1 Å². The molecule has 0 aromatic heterocycles. The van der Waals surface area contributed by atoms with E-state index in [0.717, 1.165) is 17.1 Å². The monoisotopic (exact) mass is 811 g/mol. The molecule has 0 aliphatic heterocycles. The van der Waals surface area contributed by atoms with Gasteiger partial charge in [-0.3, -0.25) is 0 Å². The van der Waals surface area contributed by atoms with E-state index in [9.17, 15) is 0 Å². The van der Waals surface area contributed by atoms with Crippen molar-refractivity contribution in [2.24, 2.45) is 0 Å². The zero-order valence-corrected chi connectivity index (χ0v) is 35.1. The third-order valence-corrected chi connectivity index (χ3v) is 13.9. The zero-order chi connectivity index (χ0) is 42.2. The number of rotatable bonds is 6. The Hall–Kier alpha value is -8.26. The van der Waals surface area contributed by atoms with Gasteiger partial charge in [-0.2, -0.15) is 0 Å². The van der Waals surface area contributed by atoms with E-state index in [0.29, 0.717) is 0 Å². The molecule has 2 aliphatic rings. The van der Waals surface area contributed by atoms with Crippen LogP contribution in [0, 0.1) is 0 Å². The molecule has 0 bridgehead atoms. The van der Waals surface area contributed by atoms with Crippen LogP contribution < -0.4 is 4.90 Å². The molecule has 64 heavy (non-hydrogen) atoms. The fourth-order valence-electron chi connectivity index (χ4n) is 10.9. The Morgan fingerprint density at radius 2 is 0.594 bits per heavy atom. The Labute approximate surface area is 373 Å². The molecule has 0 fully saturated rings. The highest BCUT2D eigenvalue weighted by Crippen LogP contribution is 2.63. The van der Waals surface area contributed by atoms with E-state index in [1.54, 1.807) is 0 Å². The van der Waals surface area contributed by atoms with Gasteiger partial charge in [0.15, 0.2) is 0 Å². The summed E-state index contributed by atoms with van der Waals surface area (Å²) in [5, 5.41) is 5.01. The van der Waals surface area contributed by atoms with Crippen molar-refractivity contribution in [1.29, 1.82) is 0 Å². The average molecular weight is 812 g/mol. The van der Waals surface area contributed by atoms with Crippen molar-refractivity contribution >= 4 is 38.6 Å². The molecule has 11 aromatic rings. The highest BCUT2D eigenvalue weighted by Gasteiger charge is 2.51. The van der Waals surface area contributed by atoms with Crippen LogP contribution in [0.25, 0.3) is 77.2 Å². The Morgan fingerprint density at radius 3 is 1.11 bits per heavy atom. The Morgan fingerprint density at radius 1 is 0.219 bits per heavy atom. The molecule has 0 saturated carbocycles. The summed E-state index contributed by atoms with van der Waals surface area (Å²) in [6.07, 6.45) is 0. The minimum atomic E-state index is -0.430.